The molecule has 38 valence electrons. The molecule has 0 atom stereocenters. The second-order valence-electron chi connectivity index (χ2n) is 0.906. The Morgan fingerprint density at radius 3 is 2.29 bits per heavy atom. The number of hydrogen-bond donors (Lipinski definition) is 1. The maximum atomic E-state index is 5.03. The summed E-state index contributed by atoms with van der Waals surface area (Å²) in [7, 11) is 0. The van der Waals surface area contributed by atoms with E-state index in [0.29, 0.717) is 0 Å². The van der Waals surface area contributed by atoms with Crippen LogP contribution in [0.5, 0.6) is 0 Å². The Bertz CT molecular complexity index is 94.3. The number of nitrogens with two attached hydrogens (primary N) is 1. The van der Waals surface area contributed by atoms with E-state index >= 15 is 0 Å². The molecule has 0 aliphatic heterocycles. The van der Waals surface area contributed by atoms with Crippen molar-refractivity contribution in [2.75, 3.05) is 0 Å². The normalized spacial score (nSPS) is 10.9. The summed E-state index contributed by atoms with van der Waals surface area (Å²) in [6.45, 7) is 0. The molecule has 0 aromatic rings. The van der Waals surface area contributed by atoms with E-state index in [0.717, 1.165) is 0 Å². The zero-order chi connectivity index (χ0) is 5.54. The van der Waals surface area contributed by atoms with Crippen molar-refractivity contribution in [2.45, 2.75) is 0 Å². The minimum absolute atomic E-state index is 1.46. The second kappa shape index (κ2) is 5.84. The van der Waals surface area contributed by atoms with Gasteiger partial charge in [0.1, 0.15) is 0 Å². The third-order valence-electron chi connectivity index (χ3n) is 0.412. The summed E-state index contributed by atoms with van der Waals surface area (Å²) in [6.07, 6.45) is 7.15. The van der Waals surface area contributed by atoms with Gasteiger partial charge in [-0.05, 0) is 0 Å². The van der Waals surface area contributed by atoms with Crippen LogP contribution in [0.15, 0.2) is 24.4 Å². The predicted octanol–water partition coefficient (Wildman–Crippen LogP) is 0.364. The fourth-order valence-electron chi connectivity index (χ4n) is 0.174. The zero-order valence-corrected chi connectivity index (χ0v) is 6.81. The molecule has 0 aromatic heterocycles. The van der Waals surface area contributed by atoms with E-state index in [-0.39, 0.29) is 0 Å². The van der Waals surface area contributed by atoms with E-state index in [4.69, 9.17) is 5.73 Å². The van der Waals surface area contributed by atoms with Crippen LogP contribution < -0.4 is 5.73 Å². The van der Waals surface area contributed by atoms with E-state index in [2.05, 4.69) is 0 Å². The van der Waals surface area contributed by atoms with Gasteiger partial charge in [-0.15, -0.1) is 0 Å². The molecule has 0 rings (SSSR count). The molecular weight excluding hydrogens is 258 g/mol. The first-order chi connectivity index (χ1) is 3.41. The van der Waals surface area contributed by atoms with Gasteiger partial charge in [-0.25, -0.2) is 0 Å². The van der Waals surface area contributed by atoms with Crippen LogP contribution in [0.2, 0.25) is 0 Å². The van der Waals surface area contributed by atoms with E-state index < -0.39 is 0 Å². The summed E-state index contributed by atoms with van der Waals surface area (Å²) < 4.78 is 2.03. The summed E-state index contributed by atoms with van der Waals surface area (Å²) >= 11 is 1.46. The van der Waals surface area contributed by atoms with Crippen LogP contribution >= 0.6 is 0 Å². The molecule has 0 amide bonds. The molecule has 7 heavy (non-hydrogen) atoms. The van der Waals surface area contributed by atoms with Crippen molar-refractivity contribution in [2.24, 2.45) is 5.73 Å². The SMILES string of the molecule is NC=C/C=C\[CH]=[W]. The third-order valence-corrected chi connectivity index (χ3v) is 0.976. The van der Waals surface area contributed by atoms with Gasteiger partial charge >= 0.3 is 53.9 Å². The Kier molecular flexibility index (Phi) is 5.70. The van der Waals surface area contributed by atoms with Gasteiger partial charge in [0.05, 0.1) is 0 Å². The number of allylic oxidation sites excluding steroid dienone is 3. The van der Waals surface area contributed by atoms with Gasteiger partial charge in [0.25, 0.3) is 0 Å². The molecule has 2 heteroatoms. The van der Waals surface area contributed by atoms with Crippen molar-refractivity contribution in [1.82, 2.24) is 0 Å². The van der Waals surface area contributed by atoms with Gasteiger partial charge in [-0.3, -0.25) is 0 Å². The molecule has 0 radical (unpaired) electrons. The van der Waals surface area contributed by atoms with Crippen molar-refractivity contribution in [3.05, 3.63) is 24.4 Å². The summed E-state index contributed by atoms with van der Waals surface area (Å²) in [5.74, 6) is 0. The number of rotatable bonds is 2. The summed E-state index contributed by atoms with van der Waals surface area (Å²) in [5, 5.41) is 0. The Balaban J connectivity index is 3.27. The zero-order valence-electron chi connectivity index (χ0n) is 3.87. The molecule has 1 nitrogen and oxygen atoms in total. The molecule has 0 bridgehead atoms. The van der Waals surface area contributed by atoms with E-state index in [9.17, 15) is 0 Å². The van der Waals surface area contributed by atoms with Gasteiger partial charge in [0.2, 0.25) is 0 Å². The summed E-state index contributed by atoms with van der Waals surface area (Å²) in [4.78, 5) is 0. The number of hydrogen-bond acceptors (Lipinski definition) is 1. The molecule has 0 heterocycles. The molecule has 0 saturated carbocycles. The van der Waals surface area contributed by atoms with Crippen LogP contribution in [0.1, 0.15) is 0 Å². The topological polar surface area (TPSA) is 26.0 Å². The maximum absolute atomic E-state index is 5.03. The third kappa shape index (κ3) is 5.84. The van der Waals surface area contributed by atoms with E-state index in [1.165, 1.54) is 25.6 Å². The Labute approximate surface area is 54.3 Å². The Morgan fingerprint density at radius 1 is 1.14 bits per heavy atom. The molecule has 0 aliphatic rings. The van der Waals surface area contributed by atoms with Crippen molar-refractivity contribution in [1.29, 1.82) is 0 Å². The van der Waals surface area contributed by atoms with Gasteiger partial charge in [0, 0.05) is 0 Å². The van der Waals surface area contributed by atoms with E-state index in [1.54, 1.807) is 6.08 Å². The van der Waals surface area contributed by atoms with Gasteiger partial charge in [0.15, 0.2) is 0 Å². The molecule has 0 saturated heterocycles. The molecule has 0 fully saturated rings. The summed E-state index contributed by atoms with van der Waals surface area (Å²) in [5.41, 5.74) is 5.03. The van der Waals surface area contributed by atoms with Crippen LogP contribution in [0.3, 0.4) is 0 Å². The molecule has 2 N–H and O–H groups in total. The monoisotopic (exact) mass is 265 g/mol. The molecular formula is C5H7NW. The van der Waals surface area contributed by atoms with Crippen LogP contribution in [0.4, 0.5) is 0 Å². The predicted molar refractivity (Wildman–Crippen MR) is 28.5 cm³/mol. The molecule has 0 aromatic carbocycles. The van der Waals surface area contributed by atoms with Gasteiger partial charge in [-0.1, -0.05) is 0 Å². The van der Waals surface area contributed by atoms with Crippen LogP contribution in [0, 0.1) is 0 Å². The molecule has 0 aliphatic carbocycles. The quantitative estimate of drug-likeness (QED) is 0.717. The molecule has 0 unspecified atom stereocenters. The van der Waals surface area contributed by atoms with Crippen molar-refractivity contribution in [3.63, 3.8) is 0 Å². The average molecular weight is 265 g/mol. The van der Waals surface area contributed by atoms with Gasteiger partial charge < -0.3 is 0 Å². The van der Waals surface area contributed by atoms with Crippen molar-refractivity contribution in [3.8, 4) is 0 Å². The summed E-state index contributed by atoms with van der Waals surface area (Å²) in [6, 6.07) is 0. The van der Waals surface area contributed by atoms with Crippen LogP contribution in [-0.2, 0) is 19.4 Å². The van der Waals surface area contributed by atoms with Gasteiger partial charge in [-0.2, -0.15) is 0 Å². The van der Waals surface area contributed by atoms with Crippen LogP contribution in [-0.4, -0.2) is 4.40 Å². The minimum atomic E-state index is 1.46. The fourth-order valence-corrected chi connectivity index (χ4v) is 0.500. The van der Waals surface area contributed by atoms with E-state index in [1.807, 2.05) is 16.6 Å². The Hall–Kier alpha value is -0.162. The fraction of sp³-hybridized carbons (Fsp3) is 0. The Morgan fingerprint density at radius 2 is 1.86 bits per heavy atom. The van der Waals surface area contributed by atoms with Crippen LogP contribution in [0.25, 0.3) is 0 Å². The molecule has 0 spiro atoms. The first kappa shape index (κ1) is 6.84. The standard InChI is InChI=1S/C5H7N.W/c1-2-3-4-5-6;/h1-5H,6H2;/b3-2-,5-4?;. The first-order valence-electron chi connectivity index (χ1n) is 1.90. The van der Waals surface area contributed by atoms with Crippen molar-refractivity contribution < 1.29 is 19.4 Å². The second-order valence-corrected chi connectivity index (χ2v) is 1.88. The average Bonchev–Trinajstić information content (AvgIpc) is 1.69. The van der Waals surface area contributed by atoms with Crippen molar-refractivity contribution >= 4 is 4.40 Å². The first-order valence-corrected chi connectivity index (χ1v) is 3.60.